The number of alkyl carbamates (subject to hydrolysis) is 1. The van der Waals surface area contributed by atoms with E-state index in [4.69, 9.17) is 9.47 Å². The van der Waals surface area contributed by atoms with Crippen LogP contribution in [0.2, 0.25) is 0 Å². The molecule has 2 rings (SSSR count). The number of likely N-dealkylation sites (tertiary alicyclic amines) is 1. The highest BCUT2D eigenvalue weighted by atomic mass is 35.5. The number of amides is 2. The van der Waals surface area contributed by atoms with Crippen LogP contribution in [0.5, 0.6) is 0 Å². The average Bonchev–Trinajstić information content (AvgIpc) is 2.93. The van der Waals surface area contributed by atoms with Gasteiger partial charge in [0.25, 0.3) is 0 Å². The Kier molecular flexibility index (Phi) is 7.43. The van der Waals surface area contributed by atoms with E-state index in [1.165, 1.54) is 7.11 Å². The van der Waals surface area contributed by atoms with E-state index < -0.39 is 23.8 Å². The number of piperidine rings is 1. The van der Waals surface area contributed by atoms with Crippen LogP contribution < -0.4 is 5.32 Å². The van der Waals surface area contributed by atoms with E-state index in [9.17, 15) is 14.4 Å². The van der Waals surface area contributed by atoms with E-state index in [-0.39, 0.29) is 47.5 Å². The number of carbonyl (C=O) groups is 3. The highest BCUT2D eigenvalue weighted by molar-refractivity contribution is 5.91. The first-order valence-corrected chi connectivity index (χ1v) is 9.73. The molecule has 0 radical (unpaired) electrons. The molecule has 1 saturated heterocycles. The lowest BCUT2D eigenvalue weighted by atomic mass is 9.95. The Hall–Kier alpha value is -1.50. The topological polar surface area (TPSA) is 84.9 Å². The number of methoxy groups -OCH3 is 1. The van der Waals surface area contributed by atoms with Crippen molar-refractivity contribution in [3.8, 4) is 0 Å². The summed E-state index contributed by atoms with van der Waals surface area (Å²) in [6.45, 7) is 13.9. The van der Waals surface area contributed by atoms with E-state index in [0.29, 0.717) is 13.0 Å². The average molecular weight is 419 g/mol. The predicted octanol–water partition coefficient (Wildman–Crippen LogP) is 3.00. The first-order valence-electron chi connectivity index (χ1n) is 9.73. The fourth-order valence-corrected chi connectivity index (χ4v) is 4.20. The van der Waals surface area contributed by atoms with Crippen LogP contribution in [0, 0.1) is 23.2 Å². The molecule has 28 heavy (non-hydrogen) atoms. The van der Waals surface area contributed by atoms with Crippen LogP contribution in [-0.2, 0) is 19.1 Å². The van der Waals surface area contributed by atoms with E-state index in [1.54, 1.807) is 25.7 Å². The van der Waals surface area contributed by atoms with Gasteiger partial charge in [-0.05, 0) is 38.0 Å². The summed E-state index contributed by atoms with van der Waals surface area (Å²) in [5.74, 6) is -0.332. The molecule has 5 atom stereocenters. The van der Waals surface area contributed by atoms with Crippen molar-refractivity contribution >= 4 is 30.4 Å². The highest BCUT2D eigenvalue weighted by Crippen LogP contribution is 2.65. The lowest BCUT2D eigenvalue weighted by Crippen LogP contribution is -2.56. The predicted molar refractivity (Wildman–Crippen MR) is 108 cm³/mol. The van der Waals surface area contributed by atoms with Crippen molar-refractivity contribution in [2.45, 2.75) is 72.6 Å². The third kappa shape index (κ3) is 4.73. The smallest absolute Gasteiger partial charge is 0.408 e. The minimum Gasteiger partial charge on any atom is -0.467 e. The van der Waals surface area contributed by atoms with Gasteiger partial charge in [-0.15, -0.1) is 12.4 Å². The maximum Gasteiger partial charge on any atom is 0.408 e. The van der Waals surface area contributed by atoms with Crippen LogP contribution in [0.25, 0.3) is 0 Å². The summed E-state index contributed by atoms with van der Waals surface area (Å²) in [6, 6.07) is -1.33. The summed E-state index contributed by atoms with van der Waals surface area (Å²) in [5.41, 5.74) is -0.624. The molecule has 0 aromatic heterocycles. The quantitative estimate of drug-likeness (QED) is 0.693. The number of nitrogens with one attached hydrogen (secondary N) is 1. The number of halogens is 1. The van der Waals surface area contributed by atoms with Crippen molar-refractivity contribution in [1.29, 1.82) is 0 Å². The fraction of sp³-hybridized carbons (Fsp3) is 0.850. The number of carbonyl (C=O) groups excluding carboxylic acids is 3. The number of fused-ring (bicyclic) bond motifs is 1. The van der Waals surface area contributed by atoms with Crippen molar-refractivity contribution in [2.24, 2.45) is 23.2 Å². The second-order valence-corrected chi connectivity index (χ2v) is 9.42. The molecular weight excluding hydrogens is 384 g/mol. The Morgan fingerprint density at radius 1 is 1.25 bits per heavy atom. The molecule has 1 aliphatic carbocycles. The van der Waals surface area contributed by atoms with E-state index in [1.807, 2.05) is 13.8 Å². The summed E-state index contributed by atoms with van der Waals surface area (Å²) in [4.78, 5) is 39.6. The summed E-state index contributed by atoms with van der Waals surface area (Å²) < 4.78 is 10.3. The van der Waals surface area contributed by atoms with Gasteiger partial charge in [0, 0.05) is 12.5 Å². The standard InChI is InChI=1S/C20H34N2O5.ClH/c1-9-11(2)14(21-18(25)27-19(3,4)5)16(23)22-10-12-13(20(12,6)7)15(22)17(24)26-8;/h11-15H,9-10H2,1-8H3,(H,21,25);1H/t11-,12+,13+,14+,15+;/m1./s1. The zero-order valence-electron chi connectivity index (χ0n) is 18.2. The van der Waals surface area contributed by atoms with Crippen molar-refractivity contribution in [3.63, 3.8) is 0 Å². The molecule has 0 aromatic carbocycles. The summed E-state index contributed by atoms with van der Waals surface area (Å²) in [7, 11) is 1.35. The van der Waals surface area contributed by atoms with Gasteiger partial charge in [-0.25, -0.2) is 9.59 Å². The van der Waals surface area contributed by atoms with Crippen molar-refractivity contribution in [3.05, 3.63) is 0 Å². The highest BCUT2D eigenvalue weighted by Gasteiger charge is 2.70. The first kappa shape index (κ1) is 24.5. The number of nitrogens with zero attached hydrogens (tertiary/aromatic N) is 1. The molecule has 0 spiro atoms. The minimum absolute atomic E-state index is 0. The van der Waals surface area contributed by atoms with E-state index >= 15 is 0 Å². The second kappa shape index (κ2) is 8.47. The maximum absolute atomic E-state index is 13.3. The third-order valence-corrected chi connectivity index (χ3v) is 6.09. The van der Waals surface area contributed by atoms with Crippen LogP contribution >= 0.6 is 12.4 Å². The van der Waals surface area contributed by atoms with Crippen molar-refractivity contribution in [2.75, 3.05) is 13.7 Å². The van der Waals surface area contributed by atoms with E-state index in [2.05, 4.69) is 19.2 Å². The summed E-state index contributed by atoms with van der Waals surface area (Å²) in [6.07, 6.45) is 0.0850. The first-order chi connectivity index (χ1) is 12.3. The Morgan fingerprint density at radius 2 is 1.82 bits per heavy atom. The van der Waals surface area contributed by atoms with Gasteiger partial charge in [0.1, 0.15) is 17.7 Å². The molecule has 162 valence electrons. The number of rotatable bonds is 5. The molecule has 8 heteroatoms. The number of hydrogen-bond acceptors (Lipinski definition) is 5. The van der Waals surface area contributed by atoms with Gasteiger partial charge in [0.2, 0.25) is 5.91 Å². The molecule has 1 saturated carbocycles. The monoisotopic (exact) mass is 418 g/mol. The zero-order valence-corrected chi connectivity index (χ0v) is 19.0. The lowest BCUT2D eigenvalue weighted by Gasteiger charge is -2.34. The van der Waals surface area contributed by atoms with Crippen LogP contribution in [0.15, 0.2) is 0 Å². The Morgan fingerprint density at radius 3 is 2.29 bits per heavy atom. The molecule has 0 bridgehead atoms. The van der Waals surface area contributed by atoms with Crippen molar-refractivity contribution < 1.29 is 23.9 Å². The molecule has 2 fully saturated rings. The van der Waals surface area contributed by atoms with Gasteiger partial charge in [0.15, 0.2) is 0 Å². The Balaban J connectivity index is 0.00000392. The molecule has 2 aliphatic rings. The van der Waals surface area contributed by atoms with Gasteiger partial charge in [-0.3, -0.25) is 4.79 Å². The molecule has 0 unspecified atom stereocenters. The maximum atomic E-state index is 13.3. The van der Waals surface area contributed by atoms with Gasteiger partial charge in [-0.1, -0.05) is 34.1 Å². The molecule has 7 nitrogen and oxygen atoms in total. The van der Waals surface area contributed by atoms with Crippen molar-refractivity contribution in [1.82, 2.24) is 10.2 Å². The molecule has 1 heterocycles. The molecular formula is C20H35ClN2O5. The Bertz CT molecular complexity index is 616. The summed E-state index contributed by atoms with van der Waals surface area (Å²) >= 11 is 0. The molecule has 1 N–H and O–H groups in total. The SMILES string of the molecule is CC[C@@H](C)[C@H](NC(=O)OC(C)(C)C)C(=O)N1C[C@H]2[C@@H]([C@H]1C(=O)OC)C2(C)C.Cl. The lowest BCUT2D eigenvalue weighted by molar-refractivity contribution is -0.154. The third-order valence-electron chi connectivity index (χ3n) is 6.09. The number of esters is 1. The van der Waals surface area contributed by atoms with Crippen LogP contribution in [-0.4, -0.2) is 54.2 Å². The van der Waals surface area contributed by atoms with Gasteiger partial charge >= 0.3 is 12.1 Å². The second-order valence-electron chi connectivity index (χ2n) is 9.42. The largest absolute Gasteiger partial charge is 0.467 e. The molecule has 2 amide bonds. The van der Waals surface area contributed by atoms with E-state index in [0.717, 1.165) is 0 Å². The summed E-state index contributed by atoms with van der Waals surface area (Å²) in [5, 5.41) is 2.72. The Labute approximate surface area is 174 Å². The molecule has 1 aliphatic heterocycles. The minimum atomic E-state index is -0.738. The fourth-order valence-electron chi connectivity index (χ4n) is 4.20. The van der Waals surface area contributed by atoms with Gasteiger partial charge < -0.3 is 19.7 Å². The number of hydrogen-bond donors (Lipinski definition) is 1. The van der Waals surface area contributed by atoms with Crippen LogP contribution in [0.1, 0.15) is 54.9 Å². The number of ether oxygens (including phenoxy) is 2. The van der Waals surface area contributed by atoms with Gasteiger partial charge in [-0.2, -0.15) is 0 Å². The zero-order chi connectivity index (χ0) is 20.7. The molecule has 0 aromatic rings. The van der Waals surface area contributed by atoms with Gasteiger partial charge in [0.05, 0.1) is 7.11 Å². The van der Waals surface area contributed by atoms with Crippen LogP contribution in [0.4, 0.5) is 4.79 Å². The van der Waals surface area contributed by atoms with Crippen LogP contribution in [0.3, 0.4) is 0 Å². The normalized spacial score (nSPS) is 27.0.